The first kappa shape index (κ1) is 13.6. The van der Waals surface area contributed by atoms with Gasteiger partial charge in [-0.15, -0.1) is 0 Å². The normalized spacial score (nSPS) is 21.9. The summed E-state index contributed by atoms with van der Waals surface area (Å²) in [7, 11) is 1.80. The number of carbonyl (C=O) groups is 2. The van der Waals surface area contributed by atoms with Crippen LogP contribution in [0.2, 0.25) is 0 Å². The van der Waals surface area contributed by atoms with E-state index in [2.05, 4.69) is 5.10 Å². The van der Waals surface area contributed by atoms with Crippen molar-refractivity contribution in [2.24, 2.45) is 18.9 Å². The van der Waals surface area contributed by atoms with Gasteiger partial charge in [0.15, 0.2) is 5.69 Å². The molecular weight excluding hydrogens is 270 g/mol. The van der Waals surface area contributed by atoms with Gasteiger partial charge in [-0.3, -0.25) is 14.3 Å². The van der Waals surface area contributed by atoms with Crippen molar-refractivity contribution >= 4 is 22.8 Å². The van der Waals surface area contributed by atoms with Gasteiger partial charge in [0.05, 0.1) is 11.4 Å². The summed E-state index contributed by atoms with van der Waals surface area (Å²) >= 11 is 0. The second-order valence-corrected chi connectivity index (χ2v) is 5.62. The van der Waals surface area contributed by atoms with Crippen molar-refractivity contribution in [2.75, 3.05) is 13.1 Å². The van der Waals surface area contributed by atoms with E-state index >= 15 is 0 Å². The summed E-state index contributed by atoms with van der Waals surface area (Å²) in [6, 6.07) is 7.54. The van der Waals surface area contributed by atoms with Crippen molar-refractivity contribution in [3.05, 3.63) is 30.0 Å². The Labute approximate surface area is 122 Å². The summed E-state index contributed by atoms with van der Waals surface area (Å²) in [6.07, 6.45) is 0. The first-order chi connectivity index (χ1) is 9.99. The zero-order valence-corrected chi connectivity index (χ0v) is 12.0. The molecule has 21 heavy (non-hydrogen) atoms. The van der Waals surface area contributed by atoms with E-state index < -0.39 is 11.9 Å². The maximum Gasteiger partial charge on any atom is 0.308 e. The number of fused-ring (bicyclic) bond motifs is 1. The lowest BCUT2D eigenvalue weighted by molar-refractivity contribution is -0.142. The highest BCUT2D eigenvalue weighted by Gasteiger charge is 2.38. The van der Waals surface area contributed by atoms with Crippen molar-refractivity contribution in [3.8, 4) is 0 Å². The third kappa shape index (κ3) is 2.16. The number of hydrogen-bond donors (Lipinski definition) is 1. The van der Waals surface area contributed by atoms with Gasteiger partial charge in [-0.05, 0) is 12.0 Å². The van der Waals surface area contributed by atoms with E-state index in [9.17, 15) is 14.7 Å². The molecule has 6 heteroatoms. The van der Waals surface area contributed by atoms with Crippen LogP contribution in [0.1, 0.15) is 17.4 Å². The average Bonchev–Trinajstić information content (AvgIpc) is 3.00. The van der Waals surface area contributed by atoms with Crippen LogP contribution in [0, 0.1) is 11.8 Å². The lowest BCUT2D eigenvalue weighted by atomic mass is 9.99. The molecule has 0 spiro atoms. The Morgan fingerprint density at radius 3 is 2.67 bits per heavy atom. The van der Waals surface area contributed by atoms with Crippen LogP contribution in [0.4, 0.5) is 0 Å². The molecule has 3 rings (SSSR count). The topological polar surface area (TPSA) is 75.4 Å². The van der Waals surface area contributed by atoms with Crippen molar-refractivity contribution in [1.82, 2.24) is 14.7 Å². The summed E-state index contributed by atoms with van der Waals surface area (Å²) in [5, 5.41) is 14.3. The number of rotatable bonds is 2. The van der Waals surface area contributed by atoms with E-state index in [0.29, 0.717) is 12.2 Å². The van der Waals surface area contributed by atoms with Crippen molar-refractivity contribution in [3.63, 3.8) is 0 Å². The zero-order valence-electron chi connectivity index (χ0n) is 12.0. The molecule has 0 aliphatic carbocycles. The molecule has 1 aliphatic rings. The van der Waals surface area contributed by atoms with Crippen LogP contribution in [-0.4, -0.2) is 44.8 Å². The Balaban J connectivity index is 1.93. The van der Waals surface area contributed by atoms with Crippen LogP contribution < -0.4 is 0 Å². The molecule has 1 aliphatic heterocycles. The van der Waals surface area contributed by atoms with E-state index in [1.165, 1.54) is 0 Å². The maximum absolute atomic E-state index is 12.6. The Bertz CT molecular complexity index is 722. The van der Waals surface area contributed by atoms with E-state index in [-0.39, 0.29) is 18.4 Å². The van der Waals surface area contributed by atoms with E-state index in [1.807, 2.05) is 31.2 Å². The minimum atomic E-state index is -0.844. The summed E-state index contributed by atoms with van der Waals surface area (Å²) in [5.74, 6) is -1.57. The fourth-order valence-electron chi connectivity index (χ4n) is 2.98. The lowest BCUT2D eigenvalue weighted by Gasteiger charge is -2.14. The number of nitrogens with zero attached hydrogens (tertiary/aromatic N) is 3. The first-order valence-corrected chi connectivity index (χ1v) is 6.93. The van der Waals surface area contributed by atoms with Gasteiger partial charge in [0, 0.05) is 25.5 Å². The standard InChI is InChI=1S/C15H17N3O3/c1-9-7-18(8-11(9)15(20)21)14(19)13-10-5-3-4-6-12(10)17(2)16-13/h3-6,9,11H,7-8H2,1-2H3,(H,20,21)/t9-,11-/m1/s1. The zero-order chi connectivity index (χ0) is 15.1. The SMILES string of the molecule is C[C@@H]1CN(C(=O)c2nn(C)c3ccccc23)C[C@H]1C(=O)O. The number of likely N-dealkylation sites (tertiary alicyclic amines) is 1. The third-order valence-electron chi connectivity index (χ3n) is 4.18. The van der Waals surface area contributed by atoms with Gasteiger partial charge in [-0.2, -0.15) is 5.10 Å². The van der Waals surface area contributed by atoms with Crippen LogP contribution in [0.15, 0.2) is 24.3 Å². The molecule has 1 saturated heterocycles. The van der Waals surface area contributed by atoms with Crippen LogP contribution in [0.5, 0.6) is 0 Å². The number of amides is 1. The van der Waals surface area contributed by atoms with E-state index in [0.717, 1.165) is 10.9 Å². The number of carboxylic acid groups (broad SMARTS) is 1. The van der Waals surface area contributed by atoms with Crippen LogP contribution in [0.3, 0.4) is 0 Å². The highest BCUT2D eigenvalue weighted by Crippen LogP contribution is 2.26. The largest absolute Gasteiger partial charge is 0.481 e. The second kappa shape index (κ2) is 4.87. The summed E-state index contributed by atoms with van der Waals surface area (Å²) < 4.78 is 1.68. The molecule has 0 bridgehead atoms. The van der Waals surface area contributed by atoms with Gasteiger partial charge in [-0.1, -0.05) is 25.1 Å². The molecule has 1 aromatic carbocycles. The molecule has 1 amide bonds. The Morgan fingerprint density at radius 1 is 1.29 bits per heavy atom. The number of aryl methyl sites for hydroxylation is 1. The molecule has 2 aromatic rings. The monoisotopic (exact) mass is 287 g/mol. The number of hydrogen-bond acceptors (Lipinski definition) is 3. The highest BCUT2D eigenvalue weighted by atomic mass is 16.4. The quantitative estimate of drug-likeness (QED) is 0.905. The Kier molecular flexibility index (Phi) is 3.16. The van der Waals surface area contributed by atoms with Gasteiger partial charge in [-0.25, -0.2) is 0 Å². The number of aromatic nitrogens is 2. The fourth-order valence-corrected chi connectivity index (χ4v) is 2.98. The third-order valence-corrected chi connectivity index (χ3v) is 4.18. The van der Waals surface area contributed by atoms with Gasteiger partial charge in [0.2, 0.25) is 0 Å². The minimum absolute atomic E-state index is 0.0403. The van der Waals surface area contributed by atoms with Gasteiger partial charge in [0.25, 0.3) is 5.91 Å². The first-order valence-electron chi connectivity index (χ1n) is 6.93. The van der Waals surface area contributed by atoms with Crippen LogP contribution in [-0.2, 0) is 11.8 Å². The fraction of sp³-hybridized carbons (Fsp3) is 0.400. The molecule has 0 saturated carbocycles. The highest BCUT2D eigenvalue weighted by molar-refractivity contribution is 6.05. The molecule has 2 atom stereocenters. The maximum atomic E-state index is 12.6. The smallest absolute Gasteiger partial charge is 0.308 e. The predicted molar refractivity (Wildman–Crippen MR) is 76.9 cm³/mol. The van der Waals surface area contributed by atoms with Crippen molar-refractivity contribution in [1.29, 1.82) is 0 Å². The molecule has 1 aromatic heterocycles. The molecule has 0 unspecified atom stereocenters. The molecule has 2 heterocycles. The number of carboxylic acids is 1. The van der Waals surface area contributed by atoms with Gasteiger partial charge in [0.1, 0.15) is 0 Å². The molecule has 110 valence electrons. The van der Waals surface area contributed by atoms with Crippen LogP contribution >= 0.6 is 0 Å². The average molecular weight is 287 g/mol. The molecule has 1 fully saturated rings. The molecule has 6 nitrogen and oxygen atoms in total. The lowest BCUT2D eigenvalue weighted by Crippen LogP contribution is -2.30. The van der Waals surface area contributed by atoms with E-state index in [1.54, 1.807) is 16.6 Å². The summed E-state index contributed by atoms with van der Waals surface area (Å²) in [6.45, 7) is 2.57. The minimum Gasteiger partial charge on any atom is -0.481 e. The Hall–Kier alpha value is -2.37. The van der Waals surface area contributed by atoms with E-state index in [4.69, 9.17) is 0 Å². The number of carbonyl (C=O) groups excluding carboxylic acids is 1. The summed E-state index contributed by atoms with van der Waals surface area (Å²) in [4.78, 5) is 25.4. The molecule has 1 N–H and O–H groups in total. The Morgan fingerprint density at radius 2 is 2.00 bits per heavy atom. The molecular formula is C15H17N3O3. The van der Waals surface area contributed by atoms with Gasteiger partial charge >= 0.3 is 5.97 Å². The van der Waals surface area contributed by atoms with Crippen LogP contribution in [0.25, 0.3) is 10.9 Å². The van der Waals surface area contributed by atoms with Gasteiger partial charge < -0.3 is 10.0 Å². The second-order valence-electron chi connectivity index (χ2n) is 5.62. The van der Waals surface area contributed by atoms with Crippen molar-refractivity contribution < 1.29 is 14.7 Å². The summed E-state index contributed by atoms with van der Waals surface area (Å²) in [5.41, 5.74) is 1.29. The number of para-hydroxylation sites is 1. The van der Waals surface area contributed by atoms with Crippen molar-refractivity contribution in [2.45, 2.75) is 6.92 Å². The predicted octanol–water partition coefficient (Wildman–Crippen LogP) is 1.37. The number of benzene rings is 1. The number of aliphatic carboxylic acids is 1. The molecule has 0 radical (unpaired) electrons.